The third-order valence-electron chi connectivity index (χ3n) is 6.94. The molecule has 0 saturated carbocycles. The molecule has 1 amide bonds. The monoisotopic (exact) mass is 439 g/mol. The van der Waals surface area contributed by atoms with Crippen molar-refractivity contribution in [3.05, 3.63) is 101 Å². The SMILES string of the molecule is O=C(NCc1ccc(N2CCCCC2)cc1)c1ccc(CN2CCc3ccccc3C2)cc1. The first-order valence-electron chi connectivity index (χ1n) is 12.2. The van der Waals surface area contributed by atoms with Crippen LogP contribution in [0.25, 0.3) is 0 Å². The van der Waals surface area contributed by atoms with Gasteiger partial charge in [-0.15, -0.1) is 0 Å². The molecule has 0 atom stereocenters. The van der Waals surface area contributed by atoms with E-state index < -0.39 is 0 Å². The van der Waals surface area contributed by atoms with E-state index in [0.717, 1.165) is 44.7 Å². The summed E-state index contributed by atoms with van der Waals surface area (Å²) < 4.78 is 0. The van der Waals surface area contributed by atoms with Crippen molar-refractivity contribution in [2.45, 2.75) is 45.3 Å². The minimum atomic E-state index is -0.0199. The zero-order valence-electron chi connectivity index (χ0n) is 19.3. The molecule has 170 valence electrons. The van der Waals surface area contributed by atoms with Crippen molar-refractivity contribution < 1.29 is 4.79 Å². The highest BCUT2D eigenvalue weighted by atomic mass is 16.1. The highest BCUT2D eigenvalue weighted by Gasteiger charge is 2.16. The predicted octanol–water partition coefficient (Wildman–Crippen LogP) is 5.17. The number of fused-ring (bicyclic) bond motifs is 1. The van der Waals surface area contributed by atoms with Gasteiger partial charge in [0.2, 0.25) is 0 Å². The van der Waals surface area contributed by atoms with Crippen LogP contribution in [0.5, 0.6) is 0 Å². The number of rotatable bonds is 6. The molecular weight excluding hydrogens is 406 g/mol. The number of amides is 1. The highest BCUT2D eigenvalue weighted by Crippen LogP contribution is 2.21. The lowest BCUT2D eigenvalue weighted by Gasteiger charge is -2.28. The van der Waals surface area contributed by atoms with Crippen LogP contribution in [-0.4, -0.2) is 30.4 Å². The molecular formula is C29H33N3O. The molecule has 0 spiro atoms. The molecule has 2 aliphatic heterocycles. The molecule has 33 heavy (non-hydrogen) atoms. The fraction of sp³-hybridized carbons (Fsp3) is 0.345. The van der Waals surface area contributed by atoms with Gasteiger partial charge in [-0.3, -0.25) is 9.69 Å². The van der Waals surface area contributed by atoms with Crippen molar-refractivity contribution in [2.24, 2.45) is 0 Å². The van der Waals surface area contributed by atoms with Gasteiger partial charge in [-0.1, -0.05) is 48.5 Å². The average molecular weight is 440 g/mol. The summed E-state index contributed by atoms with van der Waals surface area (Å²) in [4.78, 5) is 17.6. The van der Waals surface area contributed by atoms with Gasteiger partial charge in [0.05, 0.1) is 0 Å². The van der Waals surface area contributed by atoms with Crippen LogP contribution < -0.4 is 10.2 Å². The molecule has 2 heterocycles. The lowest BCUT2D eigenvalue weighted by atomic mass is 9.99. The highest BCUT2D eigenvalue weighted by molar-refractivity contribution is 5.94. The molecule has 4 nitrogen and oxygen atoms in total. The minimum Gasteiger partial charge on any atom is -0.372 e. The van der Waals surface area contributed by atoms with E-state index in [2.05, 4.69) is 75.8 Å². The first-order valence-corrected chi connectivity index (χ1v) is 12.2. The van der Waals surface area contributed by atoms with Gasteiger partial charge in [0.25, 0.3) is 5.91 Å². The van der Waals surface area contributed by atoms with Crippen LogP contribution >= 0.6 is 0 Å². The van der Waals surface area contributed by atoms with Gasteiger partial charge in [-0.2, -0.15) is 0 Å². The van der Waals surface area contributed by atoms with Crippen LogP contribution in [0.15, 0.2) is 72.8 Å². The molecule has 5 rings (SSSR count). The zero-order valence-corrected chi connectivity index (χ0v) is 19.3. The second-order valence-corrected chi connectivity index (χ2v) is 9.32. The molecule has 4 heteroatoms. The molecule has 0 radical (unpaired) electrons. The summed E-state index contributed by atoms with van der Waals surface area (Å²) in [6.45, 7) is 5.84. The van der Waals surface area contributed by atoms with Gasteiger partial charge in [0.15, 0.2) is 0 Å². The Balaban J connectivity index is 1.12. The Morgan fingerprint density at radius 2 is 1.45 bits per heavy atom. The van der Waals surface area contributed by atoms with Crippen LogP contribution in [0.3, 0.4) is 0 Å². The number of nitrogens with zero attached hydrogens (tertiary/aromatic N) is 2. The van der Waals surface area contributed by atoms with Crippen LogP contribution in [0.4, 0.5) is 5.69 Å². The Kier molecular flexibility index (Phi) is 6.73. The Morgan fingerprint density at radius 1 is 0.758 bits per heavy atom. The quantitative estimate of drug-likeness (QED) is 0.576. The standard InChI is InChI=1S/C29H33N3O/c33-29(30-20-23-10-14-28(15-11-23)32-17-4-1-5-18-32)26-12-8-24(9-13-26)21-31-19-16-25-6-2-3-7-27(25)22-31/h2-3,6-15H,1,4-5,16-22H2,(H,30,33). The van der Waals surface area contributed by atoms with Crippen molar-refractivity contribution in [1.29, 1.82) is 0 Å². The minimum absolute atomic E-state index is 0.0199. The molecule has 3 aromatic rings. The van der Waals surface area contributed by atoms with Gasteiger partial charge >= 0.3 is 0 Å². The molecule has 0 unspecified atom stereocenters. The van der Waals surface area contributed by atoms with Gasteiger partial charge in [0.1, 0.15) is 0 Å². The lowest BCUT2D eigenvalue weighted by Crippen LogP contribution is -2.30. The molecule has 1 saturated heterocycles. The first-order chi connectivity index (χ1) is 16.2. The number of carbonyl (C=O) groups excluding carboxylic acids is 1. The van der Waals surface area contributed by atoms with E-state index in [0.29, 0.717) is 12.1 Å². The maximum Gasteiger partial charge on any atom is 0.251 e. The summed E-state index contributed by atoms with van der Waals surface area (Å²) in [5.41, 5.74) is 7.29. The van der Waals surface area contributed by atoms with E-state index in [-0.39, 0.29) is 5.91 Å². The van der Waals surface area contributed by atoms with Crippen LogP contribution in [-0.2, 0) is 26.1 Å². The van der Waals surface area contributed by atoms with E-state index in [1.165, 1.54) is 41.6 Å². The van der Waals surface area contributed by atoms with Crippen LogP contribution in [0, 0.1) is 0 Å². The number of piperidine rings is 1. The van der Waals surface area contributed by atoms with Crippen molar-refractivity contribution >= 4 is 11.6 Å². The van der Waals surface area contributed by atoms with Crippen LogP contribution in [0.1, 0.15) is 51.9 Å². The summed E-state index contributed by atoms with van der Waals surface area (Å²) in [7, 11) is 0. The molecule has 3 aromatic carbocycles. The fourth-order valence-electron chi connectivity index (χ4n) is 4.97. The number of hydrogen-bond donors (Lipinski definition) is 1. The van der Waals surface area contributed by atoms with Crippen molar-refractivity contribution in [3.8, 4) is 0 Å². The second-order valence-electron chi connectivity index (χ2n) is 9.32. The Bertz CT molecular complexity index is 1070. The molecule has 0 bridgehead atoms. The third-order valence-corrected chi connectivity index (χ3v) is 6.94. The Labute approximate surface area is 197 Å². The van der Waals surface area contributed by atoms with Crippen molar-refractivity contribution in [2.75, 3.05) is 24.5 Å². The van der Waals surface area contributed by atoms with Crippen molar-refractivity contribution in [1.82, 2.24) is 10.2 Å². The Morgan fingerprint density at radius 3 is 2.21 bits per heavy atom. The summed E-state index contributed by atoms with van der Waals surface area (Å²) >= 11 is 0. The van der Waals surface area contributed by atoms with E-state index in [1.807, 2.05) is 12.1 Å². The van der Waals surface area contributed by atoms with Crippen LogP contribution in [0.2, 0.25) is 0 Å². The van der Waals surface area contributed by atoms with E-state index in [9.17, 15) is 4.79 Å². The largest absolute Gasteiger partial charge is 0.372 e. The number of anilines is 1. The van der Waals surface area contributed by atoms with Gasteiger partial charge in [0, 0.05) is 50.5 Å². The van der Waals surface area contributed by atoms with Gasteiger partial charge in [-0.05, 0) is 72.2 Å². The van der Waals surface area contributed by atoms with Crippen molar-refractivity contribution in [3.63, 3.8) is 0 Å². The molecule has 1 fully saturated rings. The molecule has 0 aliphatic carbocycles. The summed E-state index contributed by atoms with van der Waals surface area (Å²) in [6, 6.07) is 25.4. The van der Waals surface area contributed by atoms with Gasteiger partial charge in [-0.25, -0.2) is 0 Å². The van der Waals surface area contributed by atoms with E-state index in [1.54, 1.807) is 0 Å². The number of carbonyl (C=O) groups is 1. The summed E-state index contributed by atoms with van der Waals surface area (Å²) in [5.74, 6) is -0.0199. The Hall–Kier alpha value is -3.11. The van der Waals surface area contributed by atoms with Gasteiger partial charge < -0.3 is 10.2 Å². The fourth-order valence-corrected chi connectivity index (χ4v) is 4.97. The summed E-state index contributed by atoms with van der Waals surface area (Å²) in [6.07, 6.45) is 5.01. The topological polar surface area (TPSA) is 35.6 Å². The first kappa shape index (κ1) is 21.7. The molecule has 0 aromatic heterocycles. The normalized spacial score (nSPS) is 16.3. The zero-order chi connectivity index (χ0) is 22.5. The van der Waals surface area contributed by atoms with E-state index >= 15 is 0 Å². The van der Waals surface area contributed by atoms with E-state index in [4.69, 9.17) is 0 Å². The lowest BCUT2D eigenvalue weighted by molar-refractivity contribution is 0.0951. The molecule has 1 N–H and O–H groups in total. The smallest absolute Gasteiger partial charge is 0.251 e. The summed E-state index contributed by atoms with van der Waals surface area (Å²) in [5, 5.41) is 3.06. The number of nitrogens with one attached hydrogen (secondary N) is 1. The number of benzene rings is 3. The maximum absolute atomic E-state index is 12.6. The average Bonchev–Trinajstić information content (AvgIpc) is 2.88. The molecule has 2 aliphatic rings. The maximum atomic E-state index is 12.6. The third kappa shape index (κ3) is 5.45. The number of hydrogen-bond acceptors (Lipinski definition) is 3. The predicted molar refractivity (Wildman–Crippen MR) is 134 cm³/mol. The second kappa shape index (κ2) is 10.2.